The van der Waals surface area contributed by atoms with Crippen LogP contribution in [0.2, 0.25) is 0 Å². The number of nitrogens with zero attached hydrogens (tertiary/aromatic N) is 3. The van der Waals surface area contributed by atoms with E-state index in [2.05, 4.69) is 20.6 Å². The number of carbonyl (C=O) groups excluding carboxylic acids is 1. The molecule has 1 amide bonds. The first-order chi connectivity index (χ1) is 13.1. The van der Waals surface area contributed by atoms with Crippen LogP contribution in [0.25, 0.3) is 16.5 Å². The average molecular weight is 359 g/mol. The summed E-state index contributed by atoms with van der Waals surface area (Å²) in [5, 5.41) is 14.7. The van der Waals surface area contributed by atoms with Gasteiger partial charge in [0, 0.05) is 5.39 Å². The number of nitrogens with one attached hydrogen (secondary N) is 2. The molecule has 2 heterocycles. The van der Waals surface area contributed by atoms with Crippen molar-refractivity contribution in [2.75, 3.05) is 5.32 Å². The van der Waals surface area contributed by atoms with E-state index >= 15 is 0 Å². The third kappa shape index (κ3) is 2.89. The Balaban J connectivity index is 1.74. The van der Waals surface area contributed by atoms with Crippen LogP contribution in [0.5, 0.6) is 0 Å². The number of fused-ring (bicyclic) bond motifs is 1. The van der Waals surface area contributed by atoms with Crippen LogP contribution in [0.3, 0.4) is 0 Å². The minimum atomic E-state index is -0.402. The Kier molecular flexibility index (Phi) is 4.04. The summed E-state index contributed by atoms with van der Waals surface area (Å²) in [4.78, 5) is 24.8. The van der Waals surface area contributed by atoms with Crippen molar-refractivity contribution in [1.29, 1.82) is 0 Å². The predicted octanol–water partition coefficient (Wildman–Crippen LogP) is 2.98. The Morgan fingerprint density at radius 1 is 1.00 bits per heavy atom. The van der Waals surface area contributed by atoms with Crippen molar-refractivity contribution in [2.45, 2.75) is 13.8 Å². The predicted molar refractivity (Wildman–Crippen MR) is 103 cm³/mol. The molecule has 4 rings (SSSR count). The van der Waals surface area contributed by atoms with Gasteiger partial charge in [-0.1, -0.05) is 36.4 Å². The highest BCUT2D eigenvalue weighted by Gasteiger charge is 2.19. The van der Waals surface area contributed by atoms with Gasteiger partial charge in [-0.15, -0.1) is 0 Å². The fourth-order valence-electron chi connectivity index (χ4n) is 3.10. The molecular weight excluding hydrogens is 342 g/mol. The van der Waals surface area contributed by atoms with Gasteiger partial charge >= 0.3 is 0 Å². The molecule has 2 aromatic heterocycles. The zero-order valence-electron chi connectivity index (χ0n) is 14.9. The normalized spacial score (nSPS) is 10.9. The number of benzene rings is 2. The van der Waals surface area contributed by atoms with Gasteiger partial charge in [0.1, 0.15) is 0 Å². The molecule has 134 valence electrons. The van der Waals surface area contributed by atoms with Gasteiger partial charge in [-0.25, -0.2) is 9.78 Å². The fourth-order valence-corrected chi connectivity index (χ4v) is 3.10. The lowest BCUT2D eigenvalue weighted by Crippen LogP contribution is -2.19. The van der Waals surface area contributed by atoms with Crippen molar-refractivity contribution in [2.24, 2.45) is 0 Å². The molecule has 0 unspecified atom stereocenters. The summed E-state index contributed by atoms with van der Waals surface area (Å²) in [6.45, 7) is 3.72. The first-order valence-corrected chi connectivity index (χ1v) is 8.46. The third-order valence-electron chi connectivity index (χ3n) is 4.44. The van der Waals surface area contributed by atoms with E-state index in [-0.39, 0.29) is 11.3 Å². The summed E-state index contributed by atoms with van der Waals surface area (Å²) in [5.41, 5.74) is 2.87. The smallest absolute Gasteiger partial charge is 0.276 e. The molecule has 0 saturated heterocycles. The van der Waals surface area contributed by atoms with Crippen molar-refractivity contribution < 1.29 is 4.79 Å². The lowest BCUT2D eigenvalue weighted by atomic mass is 10.1. The maximum absolute atomic E-state index is 12.9. The number of amides is 1. The van der Waals surface area contributed by atoms with E-state index in [4.69, 9.17) is 0 Å². The lowest BCUT2D eigenvalue weighted by Gasteiger charge is -2.08. The zero-order chi connectivity index (χ0) is 19.0. The second-order valence-electron chi connectivity index (χ2n) is 6.19. The second-order valence-corrected chi connectivity index (χ2v) is 6.19. The van der Waals surface area contributed by atoms with Crippen LogP contribution < -0.4 is 10.9 Å². The Bertz CT molecular complexity index is 1210. The highest BCUT2D eigenvalue weighted by molar-refractivity contribution is 6.11. The van der Waals surface area contributed by atoms with Crippen LogP contribution in [0.1, 0.15) is 21.9 Å². The SMILES string of the molecule is Cc1nn(-c2ccccc2)c(C)c1NC(=O)c1n[nH]c(=O)c2ccccc12. The molecule has 4 aromatic rings. The lowest BCUT2D eigenvalue weighted by molar-refractivity contribution is 0.102. The number of rotatable bonds is 3. The minimum absolute atomic E-state index is 0.163. The molecule has 0 aliphatic carbocycles. The molecule has 27 heavy (non-hydrogen) atoms. The number of hydrogen-bond acceptors (Lipinski definition) is 4. The van der Waals surface area contributed by atoms with Gasteiger partial charge < -0.3 is 5.32 Å². The van der Waals surface area contributed by atoms with E-state index in [0.717, 1.165) is 11.4 Å². The number of H-pyrrole nitrogens is 1. The Morgan fingerprint density at radius 3 is 2.41 bits per heavy atom. The van der Waals surface area contributed by atoms with Gasteiger partial charge in [0.2, 0.25) is 0 Å². The molecule has 0 bridgehead atoms. The summed E-state index contributed by atoms with van der Waals surface area (Å²) >= 11 is 0. The largest absolute Gasteiger partial charge is 0.317 e. The Morgan fingerprint density at radius 2 is 1.67 bits per heavy atom. The van der Waals surface area contributed by atoms with Crippen LogP contribution in [-0.2, 0) is 0 Å². The van der Waals surface area contributed by atoms with Gasteiger partial charge in [-0.3, -0.25) is 9.59 Å². The second kappa shape index (κ2) is 6.53. The number of carbonyl (C=O) groups is 1. The molecule has 0 aliphatic rings. The van der Waals surface area contributed by atoms with Crippen molar-refractivity contribution in [1.82, 2.24) is 20.0 Å². The molecule has 7 nitrogen and oxygen atoms in total. The van der Waals surface area contributed by atoms with Gasteiger partial charge in [-0.2, -0.15) is 10.2 Å². The molecule has 0 saturated carbocycles. The Labute approximate surface area is 154 Å². The summed E-state index contributed by atoms with van der Waals surface area (Å²) in [6.07, 6.45) is 0. The maximum atomic E-state index is 12.9. The van der Waals surface area contributed by atoms with Crippen LogP contribution >= 0.6 is 0 Å². The number of aromatic amines is 1. The van der Waals surface area contributed by atoms with Crippen LogP contribution in [-0.4, -0.2) is 25.9 Å². The first-order valence-electron chi connectivity index (χ1n) is 8.46. The van der Waals surface area contributed by atoms with Crippen LogP contribution in [0.4, 0.5) is 5.69 Å². The van der Waals surface area contributed by atoms with Crippen LogP contribution in [0.15, 0.2) is 59.4 Å². The fraction of sp³-hybridized carbons (Fsp3) is 0.100. The molecule has 0 spiro atoms. The average Bonchev–Trinajstić information content (AvgIpc) is 2.97. The summed E-state index contributed by atoms with van der Waals surface area (Å²) in [7, 11) is 0. The number of para-hydroxylation sites is 1. The Hall–Kier alpha value is -3.74. The highest BCUT2D eigenvalue weighted by Crippen LogP contribution is 2.24. The van der Waals surface area contributed by atoms with Crippen molar-refractivity contribution in [3.05, 3.63) is 82.0 Å². The van der Waals surface area contributed by atoms with E-state index in [1.54, 1.807) is 28.9 Å². The molecule has 0 aliphatic heterocycles. The first kappa shape index (κ1) is 16.7. The van der Waals surface area contributed by atoms with E-state index < -0.39 is 5.91 Å². The summed E-state index contributed by atoms with van der Waals surface area (Å²) in [5.74, 6) is -0.402. The minimum Gasteiger partial charge on any atom is -0.317 e. The number of aryl methyl sites for hydroxylation is 1. The number of anilines is 1. The molecule has 0 radical (unpaired) electrons. The zero-order valence-corrected chi connectivity index (χ0v) is 14.9. The van der Waals surface area contributed by atoms with E-state index in [9.17, 15) is 9.59 Å². The molecular formula is C20H17N5O2. The van der Waals surface area contributed by atoms with E-state index in [0.29, 0.717) is 22.2 Å². The van der Waals surface area contributed by atoms with E-state index in [1.807, 2.05) is 44.2 Å². The van der Waals surface area contributed by atoms with Gasteiger partial charge in [-0.05, 0) is 32.0 Å². The topological polar surface area (TPSA) is 92.7 Å². The standard InChI is InChI=1S/C20H17N5O2/c1-12-17(13(2)25(24-12)14-8-4-3-5-9-14)21-20(27)18-15-10-6-7-11-16(15)19(26)23-22-18/h3-11H,1-2H3,(H,21,27)(H,23,26). The molecule has 0 fully saturated rings. The molecule has 2 aromatic carbocycles. The summed E-state index contributed by atoms with van der Waals surface area (Å²) in [6, 6.07) is 16.6. The monoisotopic (exact) mass is 359 g/mol. The highest BCUT2D eigenvalue weighted by atomic mass is 16.2. The van der Waals surface area contributed by atoms with Gasteiger partial charge in [0.15, 0.2) is 5.69 Å². The van der Waals surface area contributed by atoms with Crippen molar-refractivity contribution in [3.63, 3.8) is 0 Å². The molecule has 7 heteroatoms. The maximum Gasteiger partial charge on any atom is 0.276 e. The van der Waals surface area contributed by atoms with Crippen molar-refractivity contribution in [3.8, 4) is 5.69 Å². The van der Waals surface area contributed by atoms with Gasteiger partial charge in [0.25, 0.3) is 11.5 Å². The third-order valence-corrected chi connectivity index (χ3v) is 4.44. The number of aromatic nitrogens is 4. The van der Waals surface area contributed by atoms with Gasteiger partial charge in [0.05, 0.1) is 28.1 Å². The number of hydrogen-bond donors (Lipinski definition) is 2. The summed E-state index contributed by atoms with van der Waals surface area (Å²) < 4.78 is 1.78. The van der Waals surface area contributed by atoms with E-state index in [1.165, 1.54) is 0 Å². The quantitative estimate of drug-likeness (QED) is 0.588. The van der Waals surface area contributed by atoms with Crippen LogP contribution in [0, 0.1) is 13.8 Å². The van der Waals surface area contributed by atoms with Crippen molar-refractivity contribution >= 4 is 22.4 Å². The molecule has 0 atom stereocenters. The molecule has 2 N–H and O–H groups in total.